The van der Waals surface area contributed by atoms with Crippen molar-refractivity contribution in [3.8, 4) is 5.75 Å². The highest BCUT2D eigenvalue weighted by Gasteiger charge is 2.25. The van der Waals surface area contributed by atoms with Crippen molar-refractivity contribution in [2.45, 2.75) is 27.0 Å². The Morgan fingerprint density at radius 1 is 1.00 bits per heavy atom. The Hall–Kier alpha value is -2.70. The van der Waals surface area contributed by atoms with Gasteiger partial charge in [0.05, 0.1) is 5.69 Å². The van der Waals surface area contributed by atoms with Gasteiger partial charge in [-0.25, -0.2) is 4.98 Å². The molecule has 2 aromatic carbocycles. The molecule has 2 heterocycles. The molecule has 1 aliphatic rings. The number of piperazine rings is 1. The molecule has 1 saturated heterocycles. The van der Waals surface area contributed by atoms with E-state index in [0.717, 1.165) is 54.1 Å². The highest BCUT2D eigenvalue weighted by Crippen LogP contribution is 2.23. The van der Waals surface area contributed by atoms with Gasteiger partial charge in [-0.1, -0.05) is 48.0 Å². The summed E-state index contributed by atoms with van der Waals surface area (Å²) in [5, 5.41) is 0.833. The standard InChI is InChI=1S/C24H27N3O2S/c1-18-8-10-21(11-9-18)29-17-22-25-19(2)23(30-22)24(28)27-14-12-26(13-15-27)16-20-6-4-3-5-7-20/h3-11H,12-17H2,1-2H3. The molecule has 1 aromatic heterocycles. The molecule has 0 spiro atoms. The van der Waals surface area contributed by atoms with E-state index < -0.39 is 0 Å². The third kappa shape index (κ3) is 5.07. The first-order chi connectivity index (χ1) is 14.6. The molecule has 6 heteroatoms. The molecule has 0 radical (unpaired) electrons. The summed E-state index contributed by atoms with van der Waals surface area (Å²) in [6.07, 6.45) is 0. The van der Waals surface area contributed by atoms with Gasteiger partial charge in [0.1, 0.15) is 22.2 Å². The van der Waals surface area contributed by atoms with Crippen molar-refractivity contribution in [3.63, 3.8) is 0 Å². The maximum atomic E-state index is 13.0. The van der Waals surface area contributed by atoms with Gasteiger partial charge in [0.25, 0.3) is 5.91 Å². The van der Waals surface area contributed by atoms with E-state index in [0.29, 0.717) is 6.61 Å². The molecule has 1 fully saturated rings. The first kappa shape index (κ1) is 20.6. The summed E-state index contributed by atoms with van der Waals surface area (Å²) in [5.41, 5.74) is 3.30. The molecule has 0 unspecified atom stereocenters. The van der Waals surface area contributed by atoms with E-state index in [1.807, 2.05) is 49.1 Å². The van der Waals surface area contributed by atoms with Crippen LogP contribution in [0.3, 0.4) is 0 Å². The number of benzene rings is 2. The number of hydrogen-bond donors (Lipinski definition) is 0. The van der Waals surface area contributed by atoms with E-state index in [4.69, 9.17) is 4.74 Å². The van der Waals surface area contributed by atoms with Gasteiger partial charge in [0, 0.05) is 32.7 Å². The SMILES string of the molecule is Cc1ccc(OCc2nc(C)c(C(=O)N3CCN(Cc4ccccc4)CC3)s2)cc1. The molecule has 5 nitrogen and oxygen atoms in total. The maximum absolute atomic E-state index is 13.0. The second-order valence-electron chi connectivity index (χ2n) is 7.68. The Balaban J connectivity index is 1.32. The number of rotatable bonds is 6. The number of aromatic nitrogens is 1. The number of aryl methyl sites for hydroxylation is 2. The molecule has 4 rings (SSSR count). The summed E-state index contributed by atoms with van der Waals surface area (Å²) in [5.74, 6) is 0.904. The lowest BCUT2D eigenvalue weighted by Gasteiger charge is -2.34. The van der Waals surface area contributed by atoms with Crippen molar-refractivity contribution < 1.29 is 9.53 Å². The van der Waals surface area contributed by atoms with Crippen molar-refractivity contribution >= 4 is 17.2 Å². The van der Waals surface area contributed by atoms with Crippen molar-refractivity contribution in [3.05, 3.63) is 81.3 Å². The normalized spacial score (nSPS) is 14.7. The van der Waals surface area contributed by atoms with E-state index in [1.54, 1.807) is 0 Å². The average molecular weight is 422 g/mol. The number of nitrogens with zero attached hydrogens (tertiary/aromatic N) is 3. The van der Waals surface area contributed by atoms with Gasteiger partial charge in [-0.2, -0.15) is 0 Å². The van der Waals surface area contributed by atoms with Gasteiger partial charge in [-0.05, 0) is 31.5 Å². The fourth-order valence-electron chi connectivity index (χ4n) is 3.59. The lowest BCUT2D eigenvalue weighted by atomic mass is 10.2. The molecule has 30 heavy (non-hydrogen) atoms. The quantitative estimate of drug-likeness (QED) is 0.595. The van der Waals surface area contributed by atoms with Crippen LogP contribution in [-0.4, -0.2) is 46.9 Å². The summed E-state index contributed by atoms with van der Waals surface area (Å²) < 4.78 is 5.83. The molecular weight excluding hydrogens is 394 g/mol. The van der Waals surface area contributed by atoms with E-state index in [9.17, 15) is 4.79 Å². The van der Waals surface area contributed by atoms with E-state index in [2.05, 4.69) is 34.1 Å². The third-order valence-corrected chi connectivity index (χ3v) is 6.45. The van der Waals surface area contributed by atoms with Crippen LogP contribution in [0.5, 0.6) is 5.75 Å². The monoisotopic (exact) mass is 421 g/mol. The summed E-state index contributed by atoms with van der Waals surface area (Å²) in [7, 11) is 0. The molecule has 0 atom stereocenters. The number of carbonyl (C=O) groups is 1. The van der Waals surface area contributed by atoms with Crippen LogP contribution < -0.4 is 4.74 Å². The molecule has 3 aromatic rings. The molecule has 1 amide bonds. The Bertz CT molecular complexity index is 977. The van der Waals surface area contributed by atoms with Crippen LogP contribution in [0.1, 0.15) is 31.5 Å². The first-order valence-corrected chi connectivity index (χ1v) is 11.1. The second kappa shape index (κ2) is 9.41. The zero-order valence-corrected chi connectivity index (χ0v) is 18.3. The Morgan fingerprint density at radius 3 is 2.40 bits per heavy atom. The average Bonchev–Trinajstić information content (AvgIpc) is 3.14. The van der Waals surface area contributed by atoms with Crippen LogP contribution in [0.25, 0.3) is 0 Å². The van der Waals surface area contributed by atoms with Crippen LogP contribution in [-0.2, 0) is 13.2 Å². The highest BCUT2D eigenvalue weighted by molar-refractivity contribution is 7.13. The van der Waals surface area contributed by atoms with E-state index in [1.165, 1.54) is 22.5 Å². The van der Waals surface area contributed by atoms with E-state index in [-0.39, 0.29) is 5.91 Å². The van der Waals surface area contributed by atoms with Crippen molar-refractivity contribution in [1.29, 1.82) is 0 Å². The van der Waals surface area contributed by atoms with Crippen molar-refractivity contribution in [2.75, 3.05) is 26.2 Å². The van der Waals surface area contributed by atoms with Crippen LogP contribution >= 0.6 is 11.3 Å². The molecule has 0 N–H and O–H groups in total. The van der Waals surface area contributed by atoms with Crippen LogP contribution in [0.15, 0.2) is 54.6 Å². The lowest BCUT2D eigenvalue weighted by molar-refractivity contribution is 0.0632. The summed E-state index contributed by atoms with van der Waals surface area (Å²) in [6.45, 7) is 8.55. The number of amides is 1. The predicted octanol–water partition coefficient (Wildman–Crippen LogP) is 4.30. The fourth-order valence-corrected chi connectivity index (χ4v) is 4.53. The molecule has 0 aliphatic carbocycles. The smallest absolute Gasteiger partial charge is 0.265 e. The molecule has 156 valence electrons. The Labute approximate surface area is 181 Å². The fraction of sp³-hybridized carbons (Fsp3) is 0.333. The van der Waals surface area contributed by atoms with Crippen LogP contribution in [0, 0.1) is 13.8 Å². The van der Waals surface area contributed by atoms with E-state index >= 15 is 0 Å². The number of carbonyl (C=O) groups excluding carboxylic acids is 1. The first-order valence-electron chi connectivity index (χ1n) is 10.3. The second-order valence-corrected chi connectivity index (χ2v) is 8.76. The van der Waals surface area contributed by atoms with Crippen molar-refractivity contribution in [2.24, 2.45) is 0 Å². The maximum Gasteiger partial charge on any atom is 0.265 e. The minimum absolute atomic E-state index is 0.0888. The minimum Gasteiger partial charge on any atom is -0.486 e. The highest BCUT2D eigenvalue weighted by atomic mass is 32.1. The van der Waals surface area contributed by atoms with Gasteiger partial charge in [-0.3, -0.25) is 9.69 Å². The number of thiazole rings is 1. The predicted molar refractivity (Wildman–Crippen MR) is 120 cm³/mol. The lowest BCUT2D eigenvalue weighted by Crippen LogP contribution is -2.48. The number of ether oxygens (including phenoxy) is 1. The minimum atomic E-state index is 0.0888. The molecule has 0 bridgehead atoms. The van der Waals surface area contributed by atoms with Gasteiger partial charge in [0.15, 0.2) is 0 Å². The molecule has 1 aliphatic heterocycles. The molecular formula is C24H27N3O2S. The zero-order valence-electron chi connectivity index (χ0n) is 17.5. The van der Waals surface area contributed by atoms with Gasteiger partial charge in [0.2, 0.25) is 0 Å². The summed E-state index contributed by atoms with van der Waals surface area (Å²) in [4.78, 5) is 22.7. The summed E-state index contributed by atoms with van der Waals surface area (Å²) in [6, 6.07) is 18.4. The summed E-state index contributed by atoms with van der Waals surface area (Å²) >= 11 is 1.45. The third-order valence-electron chi connectivity index (χ3n) is 5.33. The van der Waals surface area contributed by atoms with Crippen LogP contribution in [0.4, 0.5) is 0 Å². The van der Waals surface area contributed by atoms with Gasteiger partial charge in [-0.15, -0.1) is 11.3 Å². The Kier molecular flexibility index (Phi) is 6.45. The van der Waals surface area contributed by atoms with Gasteiger partial charge < -0.3 is 9.64 Å². The van der Waals surface area contributed by atoms with Crippen LogP contribution in [0.2, 0.25) is 0 Å². The number of hydrogen-bond acceptors (Lipinski definition) is 5. The molecule has 0 saturated carbocycles. The zero-order chi connectivity index (χ0) is 20.9. The topological polar surface area (TPSA) is 45.7 Å². The largest absolute Gasteiger partial charge is 0.486 e. The Morgan fingerprint density at radius 2 is 1.70 bits per heavy atom. The van der Waals surface area contributed by atoms with Gasteiger partial charge >= 0.3 is 0 Å². The van der Waals surface area contributed by atoms with Crippen molar-refractivity contribution in [1.82, 2.24) is 14.8 Å².